The van der Waals surface area contributed by atoms with Gasteiger partial charge in [0, 0.05) is 6.42 Å². The third-order valence-electron chi connectivity index (χ3n) is 18.3. The number of carbonyl (C=O) groups excluding carboxylic acids is 1. The molecule has 3 fully saturated rings. The summed E-state index contributed by atoms with van der Waals surface area (Å²) < 4.78 is 34.3. The number of rotatable bonds is 57. The molecule has 12 N–H and O–H groups in total. The largest absolute Gasteiger partial charge is 0.394 e. The Hall–Kier alpha value is -2.25. The molecule has 1 amide bonds. The Labute approximate surface area is 554 Å². The summed E-state index contributed by atoms with van der Waals surface area (Å²) in [6.07, 6.45) is 39.6. The van der Waals surface area contributed by atoms with Gasteiger partial charge in [0.05, 0.1) is 38.6 Å². The van der Waals surface area contributed by atoms with Crippen molar-refractivity contribution in [2.24, 2.45) is 0 Å². The second-order valence-electron chi connectivity index (χ2n) is 26.4. The molecule has 0 aromatic rings. The van der Waals surface area contributed by atoms with E-state index in [0.29, 0.717) is 12.8 Å². The maximum Gasteiger partial charge on any atom is 0.220 e. The Morgan fingerprint density at radius 2 is 0.696 bits per heavy atom. The van der Waals surface area contributed by atoms with Gasteiger partial charge in [-0.15, -0.1) is 0 Å². The lowest BCUT2D eigenvalue weighted by Crippen LogP contribution is -2.66. The molecule has 19 nitrogen and oxygen atoms in total. The molecule has 0 aromatic carbocycles. The standard InChI is InChI=1S/C73H133NO18/c1-3-5-7-9-11-13-15-17-19-21-23-24-25-26-27-28-29-30-31-32-33-34-36-38-40-42-44-46-48-50-57(78)56(74-61(79)51-49-47-45-43-41-39-37-35-22-20-18-16-14-12-10-8-6-4-2)55-87-71-67(85)64(82)69(59(53-76)89-71)92-73-68(86)65(83)70(60(54-77)90-73)91-72-66(84)63(81)62(80)58(52-75)88-72/h20,22,33-34,40,42,48,50,56-60,62-73,75-78,80-86H,3-19,21,23-32,35-39,41,43-47,49,51-55H2,1-2H3,(H,74,79)/b22-20-,34-33+,42-40+,50-48+. The number of allylic oxidation sites excluding steroid dienone is 7. The quantitative estimate of drug-likeness (QED) is 0.0199. The predicted molar refractivity (Wildman–Crippen MR) is 360 cm³/mol. The number of nitrogens with one attached hydrogen (secondary N) is 1. The highest BCUT2D eigenvalue weighted by Crippen LogP contribution is 2.33. The van der Waals surface area contributed by atoms with E-state index >= 15 is 0 Å². The minimum Gasteiger partial charge on any atom is -0.394 e. The van der Waals surface area contributed by atoms with Crippen molar-refractivity contribution in [3.8, 4) is 0 Å². The van der Waals surface area contributed by atoms with Crippen molar-refractivity contribution >= 4 is 5.91 Å². The third kappa shape index (κ3) is 35.8. The van der Waals surface area contributed by atoms with Crippen molar-refractivity contribution in [2.75, 3.05) is 26.4 Å². The van der Waals surface area contributed by atoms with Crippen LogP contribution in [-0.2, 0) is 33.2 Å². The summed E-state index contributed by atoms with van der Waals surface area (Å²) in [6.45, 7) is 1.73. The van der Waals surface area contributed by atoms with Crippen LogP contribution in [0.4, 0.5) is 0 Å². The smallest absolute Gasteiger partial charge is 0.220 e. The van der Waals surface area contributed by atoms with Gasteiger partial charge in [-0.25, -0.2) is 0 Å². The molecule has 538 valence electrons. The molecule has 3 aliphatic rings. The van der Waals surface area contributed by atoms with Crippen LogP contribution in [0.5, 0.6) is 0 Å². The van der Waals surface area contributed by atoms with Crippen LogP contribution in [0.15, 0.2) is 48.6 Å². The van der Waals surface area contributed by atoms with Gasteiger partial charge in [0.1, 0.15) is 73.2 Å². The summed E-state index contributed by atoms with van der Waals surface area (Å²) in [4.78, 5) is 13.4. The molecule has 19 heteroatoms. The average Bonchev–Trinajstić information content (AvgIpc) is 0.838. The first kappa shape index (κ1) is 84.0. The molecule has 0 bridgehead atoms. The molecular formula is C73H133NO18. The van der Waals surface area contributed by atoms with Crippen LogP contribution >= 0.6 is 0 Å². The van der Waals surface area contributed by atoms with Crippen molar-refractivity contribution < 1.29 is 89.4 Å². The molecule has 3 rings (SSSR count). The molecule has 3 aliphatic heterocycles. The normalized spacial score (nSPS) is 27.9. The first-order chi connectivity index (χ1) is 44.8. The Kier molecular flexibility index (Phi) is 50.0. The van der Waals surface area contributed by atoms with Gasteiger partial charge in [-0.05, 0) is 70.6 Å². The zero-order valence-corrected chi connectivity index (χ0v) is 57.0. The number of hydrogen-bond donors (Lipinski definition) is 12. The Morgan fingerprint density at radius 3 is 1.09 bits per heavy atom. The molecule has 3 saturated heterocycles. The summed E-state index contributed by atoms with van der Waals surface area (Å²) >= 11 is 0. The highest BCUT2D eigenvalue weighted by Gasteiger charge is 2.53. The van der Waals surface area contributed by atoms with E-state index < -0.39 is 124 Å². The highest BCUT2D eigenvalue weighted by molar-refractivity contribution is 5.76. The van der Waals surface area contributed by atoms with Gasteiger partial charge in [-0.1, -0.05) is 249 Å². The van der Waals surface area contributed by atoms with E-state index in [9.17, 15) is 61.0 Å². The van der Waals surface area contributed by atoms with Crippen molar-refractivity contribution in [3.05, 3.63) is 48.6 Å². The fraction of sp³-hybridized carbons (Fsp3) is 0.877. The van der Waals surface area contributed by atoms with Crippen LogP contribution in [-0.4, -0.2) is 193 Å². The highest BCUT2D eigenvalue weighted by atomic mass is 16.8. The minimum absolute atomic E-state index is 0.227. The molecule has 0 aliphatic carbocycles. The second kappa shape index (κ2) is 54.7. The monoisotopic (exact) mass is 1310 g/mol. The predicted octanol–water partition coefficient (Wildman–Crippen LogP) is 10.6. The van der Waals surface area contributed by atoms with Crippen molar-refractivity contribution in [1.29, 1.82) is 0 Å². The number of aliphatic hydroxyl groups excluding tert-OH is 11. The number of unbranched alkanes of at least 4 members (excludes halogenated alkanes) is 35. The fourth-order valence-electron chi connectivity index (χ4n) is 12.3. The number of carbonyl (C=O) groups is 1. The lowest BCUT2D eigenvalue weighted by Gasteiger charge is -2.48. The minimum atomic E-state index is -1.98. The maximum atomic E-state index is 13.4. The molecule has 0 radical (unpaired) electrons. The molecule has 3 heterocycles. The molecule has 92 heavy (non-hydrogen) atoms. The number of amides is 1. The SMILES string of the molecule is CCCCCCCCC/C=C\CCCCCCCCCC(=O)NC(COC1OC(CO)C(OC2OC(CO)C(OC3OC(CO)C(O)C(O)C3O)C(O)C2O)C(O)C1O)C(O)/C=C/CC/C=C/CC/C=C/CCCCCCCCCCCCCCCCCCCCC. The van der Waals surface area contributed by atoms with Crippen molar-refractivity contribution in [3.63, 3.8) is 0 Å². The van der Waals surface area contributed by atoms with Gasteiger partial charge < -0.3 is 89.9 Å². The van der Waals surface area contributed by atoms with E-state index in [2.05, 4.69) is 55.6 Å². The summed E-state index contributed by atoms with van der Waals surface area (Å²) in [5, 5.41) is 121. The van der Waals surface area contributed by atoms with Crippen molar-refractivity contribution in [1.82, 2.24) is 5.32 Å². The van der Waals surface area contributed by atoms with E-state index in [0.717, 1.165) is 57.8 Å². The molecule has 0 aromatic heterocycles. The summed E-state index contributed by atoms with van der Waals surface area (Å²) in [5.41, 5.74) is 0. The number of hydrogen-bond acceptors (Lipinski definition) is 18. The topological polar surface area (TPSA) is 307 Å². The van der Waals surface area contributed by atoms with Crippen LogP contribution in [0.3, 0.4) is 0 Å². The maximum absolute atomic E-state index is 13.4. The van der Waals surface area contributed by atoms with Gasteiger partial charge in [0.15, 0.2) is 18.9 Å². The summed E-state index contributed by atoms with van der Waals surface area (Å²) in [7, 11) is 0. The molecular weight excluding hydrogens is 1180 g/mol. The van der Waals surface area contributed by atoms with Crippen LogP contribution < -0.4 is 5.32 Å². The Morgan fingerprint density at radius 1 is 0.380 bits per heavy atom. The van der Waals surface area contributed by atoms with Gasteiger partial charge in [-0.2, -0.15) is 0 Å². The lowest BCUT2D eigenvalue weighted by atomic mass is 9.96. The Bertz CT molecular complexity index is 1860. The fourth-order valence-corrected chi connectivity index (χ4v) is 12.3. The molecule has 0 saturated carbocycles. The van der Waals surface area contributed by atoms with Gasteiger partial charge in [0.2, 0.25) is 5.91 Å². The van der Waals surface area contributed by atoms with Crippen molar-refractivity contribution in [2.45, 2.75) is 381 Å². The van der Waals surface area contributed by atoms with Gasteiger partial charge in [-0.3, -0.25) is 4.79 Å². The van der Waals surface area contributed by atoms with Crippen LogP contribution in [0.25, 0.3) is 0 Å². The average molecular weight is 1310 g/mol. The number of ether oxygens (including phenoxy) is 6. The number of aliphatic hydroxyl groups is 11. The lowest BCUT2D eigenvalue weighted by molar-refractivity contribution is -0.379. The van der Waals surface area contributed by atoms with Gasteiger partial charge in [0.25, 0.3) is 0 Å². The molecule has 17 unspecified atom stereocenters. The third-order valence-corrected chi connectivity index (χ3v) is 18.3. The van der Waals surface area contributed by atoms with E-state index in [-0.39, 0.29) is 18.9 Å². The first-order valence-corrected chi connectivity index (χ1v) is 36.9. The molecule has 0 spiro atoms. The zero-order valence-electron chi connectivity index (χ0n) is 57.0. The van der Waals surface area contributed by atoms with E-state index in [1.165, 1.54) is 186 Å². The van der Waals surface area contributed by atoms with Crippen LogP contribution in [0.2, 0.25) is 0 Å². The van der Waals surface area contributed by atoms with Gasteiger partial charge >= 0.3 is 0 Å². The van der Waals surface area contributed by atoms with Crippen LogP contribution in [0, 0.1) is 0 Å². The molecule has 17 atom stereocenters. The van der Waals surface area contributed by atoms with E-state index in [1.54, 1.807) is 6.08 Å². The van der Waals surface area contributed by atoms with Crippen LogP contribution in [0.1, 0.15) is 277 Å². The summed E-state index contributed by atoms with van der Waals surface area (Å²) in [6, 6.07) is -1.00. The van der Waals surface area contributed by atoms with E-state index in [4.69, 9.17) is 28.4 Å². The Balaban J connectivity index is 1.43. The summed E-state index contributed by atoms with van der Waals surface area (Å²) in [5.74, 6) is -0.293. The zero-order chi connectivity index (χ0) is 66.8. The second-order valence-corrected chi connectivity index (χ2v) is 26.4. The first-order valence-electron chi connectivity index (χ1n) is 36.9. The van der Waals surface area contributed by atoms with E-state index in [1.807, 2.05) is 6.08 Å².